The van der Waals surface area contributed by atoms with Crippen LogP contribution in [0.2, 0.25) is 0 Å². The zero-order valence-corrected chi connectivity index (χ0v) is 11.7. The van der Waals surface area contributed by atoms with Crippen molar-refractivity contribution in [1.29, 1.82) is 0 Å². The number of carbonyl (C=O) groups is 1. The van der Waals surface area contributed by atoms with Gasteiger partial charge in [0.2, 0.25) is 0 Å². The Morgan fingerprint density at radius 2 is 2.29 bits per heavy atom. The molecule has 0 aliphatic rings. The van der Waals surface area contributed by atoms with E-state index in [1.165, 1.54) is 4.57 Å². The summed E-state index contributed by atoms with van der Waals surface area (Å²) < 4.78 is 8.25. The van der Waals surface area contributed by atoms with Crippen LogP contribution in [-0.2, 0) is 13.0 Å². The van der Waals surface area contributed by atoms with E-state index in [0.717, 1.165) is 23.7 Å². The molecule has 3 aromatic rings. The first-order valence-corrected chi connectivity index (χ1v) is 6.87. The smallest absolute Gasteiger partial charge is 0.284 e. The van der Waals surface area contributed by atoms with Gasteiger partial charge in [0, 0.05) is 30.3 Å². The van der Waals surface area contributed by atoms with Crippen molar-refractivity contribution in [2.75, 3.05) is 6.61 Å². The number of hydrogen-bond acceptors (Lipinski definition) is 5. The number of hydrogen-bond donors (Lipinski definition) is 1. The summed E-state index contributed by atoms with van der Waals surface area (Å²) in [6.07, 6.45) is 6.76. The average Bonchev–Trinajstić information content (AvgIpc) is 3.16. The molecule has 7 nitrogen and oxygen atoms in total. The van der Waals surface area contributed by atoms with Gasteiger partial charge in [0.05, 0.1) is 24.9 Å². The summed E-state index contributed by atoms with van der Waals surface area (Å²) in [5.41, 5.74) is 1.09. The van der Waals surface area contributed by atoms with Gasteiger partial charge in [-0.15, -0.1) is 0 Å². The summed E-state index contributed by atoms with van der Waals surface area (Å²) in [7, 11) is 0. The van der Waals surface area contributed by atoms with Crippen LogP contribution < -0.4 is 0 Å². The molecule has 0 atom stereocenters. The van der Waals surface area contributed by atoms with Crippen molar-refractivity contribution in [3.63, 3.8) is 0 Å². The minimum atomic E-state index is -0.243. The Morgan fingerprint density at radius 1 is 1.43 bits per heavy atom. The standard InChI is InChI=1S/C14H16N4O3/c1-2-3-11-6-12(16-21-11)14(20)17-8-10-7-15-18(4-5-19)13(10)9-17/h6-9,19H,2-5H2,1H3. The molecule has 21 heavy (non-hydrogen) atoms. The molecule has 0 saturated heterocycles. The molecule has 0 unspecified atom stereocenters. The predicted octanol–water partition coefficient (Wildman–Crippen LogP) is 1.46. The maximum Gasteiger partial charge on any atom is 0.284 e. The van der Waals surface area contributed by atoms with Crippen molar-refractivity contribution >= 4 is 16.8 Å². The van der Waals surface area contributed by atoms with Crippen molar-refractivity contribution in [2.45, 2.75) is 26.3 Å². The molecular formula is C14H16N4O3. The Balaban J connectivity index is 1.89. The van der Waals surface area contributed by atoms with Gasteiger partial charge in [0.1, 0.15) is 5.76 Å². The lowest BCUT2D eigenvalue weighted by molar-refractivity contribution is 0.0951. The fraction of sp³-hybridized carbons (Fsp3) is 0.357. The highest BCUT2D eigenvalue weighted by atomic mass is 16.5. The molecular weight excluding hydrogens is 272 g/mol. The largest absolute Gasteiger partial charge is 0.394 e. The summed E-state index contributed by atoms with van der Waals surface area (Å²) >= 11 is 0. The van der Waals surface area contributed by atoms with Crippen LogP contribution in [0.15, 0.2) is 29.2 Å². The summed E-state index contributed by atoms with van der Waals surface area (Å²) in [5, 5.41) is 17.8. The van der Waals surface area contributed by atoms with Crippen molar-refractivity contribution in [2.24, 2.45) is 0 Å². The van der Waals surface area contributed by atoms with Crippen molar-refractivity contribution < 1.29 is 14.4 Å². The highest BCUT2D eigenvalue weighted by Gasteiger charge is 2.16. The number of aromatic nitrogens is 4. The van der Waals surface area contributed by atoms with E-state index >= 15 is 0 Å². The van der Waals surface area contributed by atoms with E-state index in [1.54, 1.807) is 29.3 Å². The van der Waals surface area contributed by atoms with Gasteiger partial charge < -0.3 is 9.63 Å². The Bertz CT molecular complexity index is 768. The molecule has 0 radical (unpaired) electrons. The summed E-state index contributed by atoms with van der Waals surface area (Å²) in [6, 6.07) is 1.68. The fourth-order valence-electron chi connectivity index (χ4n) is 2.27. The first-order valence-electron chi connectivity index (χ1n) is 6.87. The van der Waals surface area contributed by atoms with Crippen LogP contribution in [0.4, 0.5) is 0 Å². The molecule has 0 aliphatic carbocycles. The molecule has 3 heterocycles. The Morgan fingerprint density at radius 3 is 3.05 bits per heavy atom. The normalized spacial score (nSPS) is 11.3. The number of rotatable bonds is 5. The number of nitrogens with zero attached hydrogens (tertiary/aromatic N) is 4. The van der Waals surface area contributed by atoms with E-state index in [0.29, 0.717) is 12.3 Å². The first-order chi connectivity index (χ1) is 10.2. The molecule has 1 N–H and O–H groups in total. The summed E-state index contributed by atoms with van der Waals surface area (Å²) in [5.74, 6) is 0.469. The van der Waals surface area contributed by atoms with Crippen LogP contribution >= 0.6 is 0 Å². The van der Waals surface area contributed by atoms with Gasteiger partial charge >= 0.3 is 0 Å². The van der Waals surface area contributed by atoms with Gasteiger partial charge in [-0.3, -0.25) is 14.0 Å². The number of aliphatic hydroxyl groups is 1. The highest BCUT2D eigenvalue weighted by molar-refractivity contribution is 5.97. The molecule has 0 aliphatic heterocycles. The molecule has 0 aromatic carbocycles. The second-order valence-electron chi connectivity index (χ2n) is 4.83. The van der Waals surface area contributed by atoms with Gasteiger partial charge in [-0.05, 0) is 6.42 Å². The van der Waals surface area contributed by atoms with E-state index in [-0.39, 0.29) is 18.2 Å². The van der Waals surface area contributed by atoms with Gasteiger partial charge in [0.25, 0.3) is 5.91 Å². The van der Waals surface area contributed by atoms with Crippen LogP contribution in [0.25, 0.3) is 10.9 Å². The number of aliphatic hydroxyl groups excluding tert-OH is 1. The van der Waals surface area contributed by atoms with Crippen molar-refractivity contribution in [1.82, 2.24) is 19.5 Å². The maximum absolute atomic E-state index is 12.4. The van der Waals surface area contributed by atoms with E-state index in [1.807, 2.05) is 6.92 Å². The van der Waals surface area contributed by atoms with Gasteiger partial charge in [-0.2, -0.15) is 5.10 Å². The Kier molecular flexibility index (Phi) is 3.57. The first kappa shape index (κ1) is 13.6. The van der Waals surface area contributed by atoms with E-state index in [9.17, 15) is 4.79 Å². The highest BCUT2D eigenvalue weighted by Crippen LogP contribution is 2.16. The Hall–Kier alpha value is -2.41. The molecule has 0 amide bonds. The molecule has 3 rings (SSSR count). The topological polar surface area (TPSA) is 86.1 Å². The van der Waals surface area contributed by atoms with Crippen molar-refractivity contribution in [3.05, 3.63) is 36.1 Å². The minimum absolute atomic E-state index is 0.000426. The van der Waals surface area contributed by atoms with Crippen molar-refractivity contribution in [3.8, 4) is 0 Å². The molecule has 0 spiro atoms. The predicted molar refractivity (Wildman–Crippen MR) is 75.0 cm³/mol. The summed E-state index contributed by atoms with van der Waals surface area (Å²) in [4.78, 5) is 12.4. The third-order valence-electron chi connectivity index (χ3n) is 3.27. The molecule has 110 valence electrons. The molecule has 7 heteroatoms. The molecule has 0 saturated carbocycles. The maximum atomic E-state index is 12.4. The second kappa shape index (κ2) is 5.53. The Labute approximate surface area is 120 Å². The quantitative estimate of drug-likeness (QED) is 0.768. The number of aryl methyl sites for hydroxylation is 1. The molecule has 0 bridgehead atoms. The lowest BCUT2D eigenvalue weighted by Crippen LogP contribution is -2.10. The number of carbonyl (C=O) groups excluding carboxylic acids is 1. The van der Waals surface area contributed by atoms with Gasteiger partial charge in [-0.1, -0.05) is 12.1 Å². The minimum Gasteiger partial charge on any atom is -0.394 e. The lowest BCUT2D eigenvalue weighted by atomic mass is 10.2. The fourth-order valence-corrected chi connectivity index (χ4v) is 2.27. The van der Waals surface area contributed by atoms with E-state index in [4.69, 9.17) is 9.63 Å². The van der Waals surface area contributed by atoms with Gasteiger partial charge in [-0.25, -0.2) is 0 Å². The second-order valence-corrected chi connectivity index (χ2v) is 4.83. The van der Waals surface area contributed by atoms with E-state index in [2.05, 4.69) is 10.3 Å². The average molecular weight is 288 g/mol. The number of fused-ring (bicyclic) bond motifs is 1. The van der Waals surface area contributed by atoms with Crippen LogP contribution in [0.3, 0.4) is 0 Å². The van der Waals surface area contributed by atoms with Crippen LogP contribution in [0, 0.1) is 0 Å². The third-order valence-corrected chi connectivity index (χ3v) is 3.27. The zero-order chi connectivity index (χ0) is 14.8. The van der Waals surface area contributed by atoms with Gasteiger partial charge in [0.15, 0.2) is 5.69 Å². The monoisotopic (exact) mass is 288 g/mol. The van der Waals surface area contributed by atoms with E-state index < -0.39 is 0 Å². The molecule has 0 fully saturated rings. The molecule has 3 aromatic heterocycles. The van der Waals surface area contributed by atoms with Crippen LogP contribution in [0.1, 0.15) is 29.6 Å². The lowest BCUT2D eigenvalue weighted by Gasteiger charge is -1.98. The zero-order valence-electron chi connectivity index (χ0n) is 11.7. The third kappa shape index (κ3) is 2.47. The van der Waals surface area contributed by atoms with Crippen LogP contribution in [-0.4, -0.2) is 37.1 Å². The summed E-state index contributed by atoms with van der Waals surface area (Å²) in [6.45, 7) is 2.43. The van der Waals surface area contributed by atoms with Crippen LogP contribution in [0.5, 0.6) is 0 Å². The SMILES string of the molecule is CCCc1cc(C(=O)n2cc3cnn(CCO)c3c2)no1.